The first kappa shape index (κ1) is 21.2. The minimum absolute atomic E-state index is 0.448. The fourth-order valence-electron chi connectivity index (χ4n) is 2.53. The van der Waals surface area contributed by atoms with Crippen molar-refractivity contribution in [3.63, 3.8) is 0 Å². The van der Waals surface area contributed by atoms with Gasteiger partial charge in [-0.1, -0.05) is 12.1 Å². The number of hydrogen-bond acceptors (Lipinski definition) is 4. The molecule has 0 bridgehead atoms. The Labute approximate surface area is 185 Å². The SMILES string of the molecule is COc1cccc(S(=O)c2c(Br)ccc(Br)c2S(=O)c2cccc(OC)c2)c1. The largest absolute Gasteiger partial charge is 0.497 e. The third kappa shape index (κ3) is 4.40. The number of benzene rings is 3. The number of rotatable bonds is 6. The summed E-state index contributed by atoms with van der Waals surface area (Å²) < 4.78 is 38.5. The van der Waals surface area contributed by atoms with Gasteiger partial charge in [0.15, 0.2) is 0 Å². The zero-order valence-electron chi connectivity index (χ0n) is 15.0. The Morgan fingerprint density at radius 2 is 1.07 bits per heavy atom. The van der Waals surface area contributed by atoms with Crippen LogP contribution in [-0.4, -0.2) is 22.6 Å². The third-order valence-corrected chi connectivity index (χ3v) is 8.83. The molecular weight excluding hydrogens is 528 g/mol. The van der Waals surface area contributed by atoms with E-state index in [1.807, 2.05) is 0 Å². The highest BCUT2D eigenvalue weighted by Crippen LogP contribution is 2.38. The van der Waals surface area contributed by atoms with E-state index in [1.54, 1.807) is 74.9 Å². The number of ether oxygens (including phenoxy) is 2. The average Bonchev–Trinajstić information content (AvgIpc) is 2.74. The zero-order chi connectivity index (χ0) is 20.3. The van der Waals surface area contributed by atoms with Gasteiger partial charge >= 0.3 is 0 Å². The summed E-state index contributed by atoms with van der Waals surface area (Å²) in [6.07, 6.45) is 0. The van der Waals surface area contributed by atoms with Crippen molar-refractivity contribution < 1.29 is 17.9 Å². The second-order valence-electron chi connectivity index (χ2n) is 5.58. The fraction of sp³-hybridized carbons (Fsp3) is 0.100. The lowest BCUT2D eigenvalue weighted by molar-refractivity contribution is 0.413. The highest BCUT2D eigenvalue weighted by molar-refractivity contribution is 9.11. The zero-order valence-corrected chi connectivity index (χ0v) is 19.8. The molecule has 28 heavy (non-hydrogen) atoms. The van der Waals surface area contributed by atoms with Crippen LogP contribution in [0.25, 0.3) is 0 Å². The van der Waals surface area contributed by atoms with Gasteiger partial charge < -0.3 is 9.47 Å². The molecular formula is C20H16Br2O4S2. The van der Waals surface area contributed by atoms with Crippen molar-refractivity contribution in [2.45, 2.75) is 19.6 Å². The molecule has 8 heteroatoms. The summed E-state index contributed by atoms with van der Waals surface area (Å²) in [5, 5.41) is 0. The lowest BCUT2D eigenvalue weighted by atomic mass is 10.3. The predicted octanol–water partition coefficient (Wildman–Crippen LogP) is 5.56. The Bertz CT molecular complexity index is 985. The first-order valence-electron chi connectivity index (χ1n) is 8.06. The van der Waals surface area contributed by atoms with Gasteiger partial charge in [-0.3, -0.25) is 0 Å². The van der Waals surface area contributed by atoms with Crippen LogP contribution < -0.4 is 9.47 Å². The van der Waals surface area contributed by atoms with Crippen LogP contribution in [0.4, 0.5) is 0 Å². The van der Waals surface area contributed by atoms with E-state index in [2.05, 4.69) is 31.9 Å². The monoisotopic (exact) mass is 542 g/mol. The van der Waals surface area contributed by atoms with Crippen LogP contribution in [-0.2, 0) is 21.6 Å². The van der Waals surface area contributed by atoms with Gasteiger partial charge in [-0.2, -0.15) is 0 Å². The molecule has 0 aromatic heterocycles. The summed E-state index contributed by atoms with van der Waals surface area (Å²) in [5.41, 5.74) is 0. The second-order valence-corrected chi connectivity index (χ2v) is 10.1. The van der Waals surface area contributed by atoms with Gasteiger partial charge in [-0.05, 0) is 80.4 Å². The van der Waals surface area contributed by atoms with E-state index in [-0.39, 0.29) is 0 Å². The van der Waals surface area contributed by atoms with E-state index >= 15 is 0 Å². The van der Waals surface area contributed by atoms with Crippen LogP contribution in [0.3, 0.4) is 0 Å². The lowest BCUT2D eigenvalue weighted by Gasteiger charge is -2.14. The van der Waals surface area contributed by atoms with Crippen molar-refractivity contribution in [3.05, 3.63) is 69.6 Å². The van der Waals surface area contributed by atoms with Crippen LogP contribution in [0.2, 0.25) is 0 Å². The maximum Gasteiger partial charge on any atom is 0.120 e. The molecule has 0 N–H and O–H groups in total. The van der Waals surface area contributed by atoms with Gasteiger partial charge in [-0.25, -0.2) is 8.42 Å². The molecule has 2 unspecified atom stereocenters. The standard InChI is InChI=1S/C20H16Br2O4S2/c1-25-13-5-3-7-15(11-13)27(23)19-17(21)9-10-18(22)20(19)28(24)16-8-4-6-14(12-16)26-2/h3-12H,1-2H3. The maximum atomic E-state index is 13.4. The van der Waals surface area contributed by atoms with Crippen molar-refractivity contribution in [1.29, 1.82) is 0 Å². The van der Waals surface area contributed by atoms with Crippen LogP contribution >= 0.6 is 31.9 Å². The van der Waals surface area contributed by atoms with Gasteiger partial charge in [0.05, 0.1) is 45.6 Å². The highest BCUT2D eigenvalue weighted by Gasteiger charge is 2.24. The van der Waals surface area contributed by atoms with Crippen LogP contribution in [0.15, 0.2) is 89.2 Å². The summed E-state index contributed by atoms with van der Waals surface area (Å²) in [5.74, 6) is 1.21. The summed E-state index contributed by atoms with van der Waals surface area (Å²) in [6, 6.07) is 17.6. The quantitative estimate of drug-likeness (QED) is 0.408. The predicted molar refractivity (Wildman–Crippen MR) is 117 cm³/mol. The Hall–Kier alpha value is -1.48. The first-order valence-corrected chi connectivity index (χ1v) is 11.9. The van der Waals surface area contributed by atoms with Crippen molar-refractivity contribution in [1.82, 2.24) is 0 Å². The molecule has 3 rings (SSSR count). The number of methoxy groups -OCH3 is 2. The Kier molecular flexibility index (Phi) is 7.09. The lowest BCUT2D eigenvalue weighted by Crippen LogP contribution is -2.04. The highest BCUT2D eigenvalue weighted by atomic mass is 79.9. The molecule has 0 fully saturated rings. The number of hydrogen-bond donors (Lipinski definition) is 0. The molecule has 146 valence electrons. The van der Waals surface area contributed by atoms with Crippen LogP contribution in [0.1, 0.15) is 0 Å². The minimum atomic E-state index is -1.57. The van der Waals surface area contributed by atoms with Crippen molar-refractivity contribution >= 4 is 53.5 Å². The summed E-state index contributed by atoms with van der Waals surface area (Å²) >= 11 is 6.96. The Morgan fingerprint density at radius 3 is 1.43 bits per heavy atom. The maximum absolute atomic E-state index is 13.4. The molecule has 3 aromatic carbocycles. The van der Waals surface area contributed by atoms with Gasteiger partial charge in [0, 0.05) is 18.7 Å². The molecule has 3 aromatic rings. The molecule has 0 aliphatic carbocycles. The molecule has 0 spiro atoms. The third-order valence-electron chi connectivity index (χ3n) is 3.90. The molecule has 0 aliphatic heterocycles. The fourth-order valence-corrected chi connectivity index (χ4v) is 7.16. The smallest absolute Gasteiger partial charge is 0.120 e. The van der Waals surface area contributed by atoms with E-state index in [1.165, 1.54) is 0 Å². The second kappa shape index (κ2) is 9.35. The van der Waals surface area contributed by atoms with Gasteiger partial charge in [0.25, 0.3) is 0 Å². The molecule has 0 saturated carbocycles. The Balaban J connectivity index is 2.16. The van der Waals surface area contributed by atoms with Crippen LogP contribution in [0, 0.1) is 0 Å². The van der Waals surface area contributed by atoms with E-state index in [0.717, 1.165) is 0 Å². The molecule has 0 amide bonds. The van der Waals surface area contributed by atoms with Gasteiger partial charge in [0.1, 0.15) is 11.5 Å². The molecule has 0 aliphatic rings. The normalized spacial score (nSPS) is 13.0. The van der Waals surface area contributed by atoms with E-state index in [0.29, 0.717) is 40.0 Å². The molecule has 0 heterocycles. The average molecular weight is 544 g/mol. The first-order chi connectivity index (χ1) is 13.5. The Morgan fingerprint density at radius 1 is 0.679 bits per heavy atom. The summed E-state index contributed by atoms with van der Waals surface area (Å²) in [4.78, 5) is 2.01. The van der Waals surface area contributed by atoms with Crippen molar-refractivity contribution in [2.24, 2.45) is 0 Å². The van der Waals surface area contributed by atoms with Crippen LogP contribution in [0.5, 0.6) is 11.5 Å². The van der Waals surface area contributed by atoms with E-state index in [9.17, 15) is 8.42 Å². The van der Waals surface area contributed by atoms with Crippen molar-refractivity contribution in [3.8, 4) is 11.5 Å². The number of halogens is 2. The molecule has 4 nitrogen and oxygen atoms in total. The molecule has 0 saturated heterocycles. The molecule has 2 atom stereocenters. The topological polar surface area (TPSA) is 52.6 Å². The van der Waals surface area contributed by atoms with Gasteiger partial charge in [-0.15, -0.1) is 0 Å². The van der Waals surface area contributed by atoms with E-state index < -0.39 is 21.6 Å². The van der Waals surface area contributed by atoms with Crippen molar-refractivity contribution in [2.75, 3.05) is 14.2 Å². The van der Waals surface area contributed by atoms with Gasteiger partial charge in [0.2, 0.25) is 0 Å². The van der Waals surface area contributed by atoms with E-state index in [4.69, 9.17) is 9.47 Å². The summed E-state index contributed by atoms with van der Waals surface area (Å²) in [7, 11) is -0.0377. The summed E-state index contributed by atoms with van der Waals surface area (Å²) in [6.45, 7) is 0. The minimum Gasteiger partial charge on any atom is -0.497 e. The molecule has 0 radical (unpaired) electrons.